The van der Waals surface area contributed by atoms with Crippen molar-refractivity contribution in [2.45, 2.75) is 44.6 Å². The molecule has 0 spiro atoms. The van der Waals surface area contributed by atoms with Crippen LogP contribution in [0.15, 0.2) is 24.3 Å². The third kappa shape index (κ3) is 7.44. The molecule has 5 N–H and O–H groups in total. The van der Waals surface area contributed by atoms with Gasteiger partial charge in [0.2, 0.25) is 11.8 Å². The van der Waals surface area contributed by atoms with Gasteiger partial charge in [-0.2, -0.15) is 0 Å². The number of benzene rings is 1. The molecule has 1 aromatic carbocycles. The van der Waals surface area contributed by atoms with Gasteiger partial charge in [-0.1, -0.05) is 6.07 Å². The molecule has 0 radical (unpaired) electrons. The Morgan fingerprint density at radius 3 is 2.62 bits per heavy atom. The first kappa shape index (κ1) is 25.5. The van der Waals surface area contributed by atoms with Crippen LogP contribution in [0.1, 0.15) is 48.9 Å². The molecule has 0 saturated carbocycles. The number of carbonyl (C=O) groups is 4. The highest BCUT2D eigenvalue weighted by molar-refractivity contribution is 5.97. The Labute approximate surface area is 199 Å². The maximum atomic E-state index is 12.7. The number of nitrogens with zero attached hydrogens (tertiary/aromatic N) is 1. The number of piperidine rings is 2. The summed E-state index contributed by atoms with van der Waals surface area (Å²) in [5, 5.41) is 27.3. The third-order valence-corrected chi connectivity index (χ3v) is 6.56. The lowest BCUT2D eigenvalue weighted by Gasteiger charge is -2.33. The van der Waals surface area contributed by atoms with Gasteiger partial charge in [-0.05, 0) is 69.3 Å². The predicted octanol–water partition coefficient (Wildman–Crippen LogP) is 0.710. The zero-order chi connectivity index (χ0) is 24.5. The maximum absolute atomic E-state index is 12.7. The SMILES string of the molecule is O=C(N[C@@H](CNC(=O)[C@@H]1CCCN(C(=O)CCC2CCNCC2)C1)C(=O)O)c1cccc(O)c1. The van der Waals surface area contributed by atoms with Crippen LogP contribution in [0, 0.1) is 11.8 Å². The minimum absolute atomic E-state index is 0.0674. The van der Waals surface area contributed by atoms with Crippen molar-refractivity contribution in [3.05, 3.63) is 29.8 Å². The quantitative estimate of drug-likeness (QED) is 0.354. The molecule has 34 heavy (non-hydrogen) atoms. The second-order valence-corrected chi connectivity index (χ2v) is 9.07. The van der Waals surface area contributed by atoms with E-state index in [1.165, 1.54) is 24.3 Å². The van der Waals surface area contributed by atoms with Crippen molar-refractivity contribution in [3.8, 4) is 5.75 Å². The molecule has 2 heterocycles. The molecule has 2 atom stereocenters. The molecule has 0 bridgehead atoms. The first-order valence-electron chi connectivity index (χ1n) is 11.9. The highest BCUT2D eigenvalue weighted by atomic mass is 16.4. The lowest BCUT2D eigenvalue weighted by Crippen LogP contribution is -2.51. The van der Waals surface area contributed by atoms with E-state index in [0.717, 1.165) is 32.4 Å². The third-order valence-electron chi connectivity index (χ3n) is 6.56. The second-order valence-electron chi connectivity index (χ2n) is 9.07. The molecule has 0 aromatic heterocycles. The number of aliphatic carboxylic acids is 1. The number of phenols is 1. The lowest BCUT2D eigenvalue weighted by molar-refractivity contribution is -0.139. The molecule has 2 fully saturated rings. The molecule has 186 valence electrons. The number of rotatable bonds is 9. The van der Waals surface area contributed by atoms with Crippen molar-refractivity contribution in [3.63, 3.8) is 0 Å². The summed E-state index contributed by atoms with van der Waals surface area (Å²) in [6.07, 6.45) is 4.87. The number of carbonyl (C=O) groups excluding carboxylic acids is 3. The molecule has 2 saturated heterocycles. The molecule has 3 amide bonds. The van der Waals surface area contributed by atoms with E-state index in [1.807, 2.05) is 0 Å². The van der Waals surface area contributed by atoms with Gasteiger partial charge in [0.15, 0.2) is 0 Å². The Morgan fingerprint density at radius 2 is 1.91 bits per heavy atom. The summed E-state index contributed by atoms with van der Waals surface area (Å²) < 4.78 is 0. The molecule has 10 nitrogen and oxygen atoms in total. The Bertz CT molecular complexity index is 886. The fourth-order valence-corrected chi connectivity index (χ4v) is 4.51. The highest BCUT2D eigenvalue weighted by Gasteiger charge is 2.30. The smallest absolute Gasteiger partial charge is 0.328 e. The standard InChI is InChI=1S/C24H34N4O6/c29-19-5-1-3-17(13-19)23(32)27-20(24(33)34)14-26-22(31)18-4-2-12-28(15-18)21(30)7-6-16-8-10-25-11-9-16/h1,3,5,13,16,18,20,25,29H,2,4,6-12,14-15H2,(H,26,31)(H,27,32)(H,33,34)/t18-,20+/m1/s1. The van der Waals surface area contributed by atoms with Crippen LogP contribution in [-0.4, -0.2) is 77.6 Å². The number of hydrogen-bond donors (Lipinski definition) is 5. The first-order chi connectivity index (χ1) is 16.3. The normalized spacial score (nSPS) is 19.8. The number of nitrogens with one attached hydrogen (secondary N) is 3. The fourth-order valence-electron chi connectivity index (χ4n) is 4.51. The van der Waals surface area contributed by atoms with Crippen LogP contribution >= 0.6 is 0 Å². The number of carboxylic acids is 1. The minimum atomic E-state index is -1.33. The van der Waals surface area contributed by atoms with Crippen LogP contribution in [0.4, 0.5) is 0 Å². The average molecular weight is 475 g/mol. The molecule has 2 aliphatic rings. The second kappa shape index (κ2) is 12.4. The van der Waals surface area contributed by atoms with Crippen molar-refractivity contribution < 1.29 is 29.4 Å². The van der Waals surface area contributed by atoms with Crippen molar-refractivity contribution in [2.24, 2.45) is 11.8 Å². The largest absolute Gasteiger partial charge is 0.508 e. The van der Waals surface area contributed by atoms with E-state index < -0.39 is 23.8 Å². The van der Waals surface area contributed by atoms with E-state index in [1.54, 1.807) is 4.90 Å². The minimum Gasteiger partial charge on any atom is -0.508 e. The van der Waals surface area contributed by atoms with Gasteiger partial charge < -0.3 is 31.1 Å². The molecule has 0 unspecified atom stereocenters. The van der Waals surface area contributed by atoms with Crippen LogP contribution in [0.5, 0.6) is 5.75 Å². The Hall–Kier alpha value is -3.14. The van der Waals surface area contributed by atoms with Crippen LogP contribution in [0.3, 0.4) is 0 Å². The fraction of sp³-hybridized carbons (Fsp3) is 0.583. The zero-order valence-corrected chi connectivity index (χ0v) is 19.3. The van der Waals surface area contributed by atoms with E-state index >= 15 is 0 Å². The highest BCUT2D eigenvalue weighted by Crippen LogP contribution is 2.21. The summed E-state index contributed by atoms with van der Waals surface area (Å²) >= 11 is 0. The predicted molar refractivity (Wildman–Crippen MR) is 124 cm³/mol. The van der Waals surface area contributed by atoms with Crippen molar-refractivity contribution >= 4 is 23.7 Å². The van der Waals surface area contributed by atoms with Crippen LogP contribution in [0.25, 0.3) is 0 Å². The van der Waals surface area contributed by atoms with Gasteiger partial charge in [0.1, 0.15) is 11.8 Å². The number of aromatic hydroxyl groups is 1. The van der Waals surface area contributed by atoms with Crippen LogP contribution in [-0.2, 0) is 14.4 Å². The summed E-state index contributed by atoms with van der Waals surface area (Å²) in [7, 11) is 0. The molecule has 10 heteroatoms. The van der Waals surface area contributed by atoms with E-state index in [-0.39, 0.29) is 29.7 Å². The van der Waals surface area contributed by atoms with E-state index in [2.05, 4.69) is 16.0 Å². The van der Waals surface area contributed by atoms with Gasteiger partial charge in [-0.3, -0.25) is 14.4 Å². The molecule has 1 aromatic rings. The number of carboxylic acid groups (broad SMARTS) is 1. The van der Waals surface area contributed by atoms with Gasteiger partial charge >= 0.3 is 5.97 Å². The molecular formula is C24H34N4O6. The topological polar surface area (TPSA) is 148 Å². The van der Waals surface area contributed by atoms with Crippen LogP contribution in [0.2, 0.25) is 0 Å². The lowest BCUT2D eigenvalue weighted by atomic mass is 9.92. The van der Waals surface area contributed by atoms with Gasteiger partial charge in [0.25, 0.3) is 5.91 Å². The van der Waals surface area contributed by atoms with Gasteiger partial charge in [-0.25, -0.2) is 4.79 Å². The average Bonchev–Trinajstić information content (AvgIpc) is 2.85. The van der Waals surface area contributed by atoms with Crippen molar-refractivity contribution in [2.75, 3.05) is 32.7 Å². The van der Waals surface area contributed by atoms with E-state index in [4.69, 9.17) is 0 Å². The molecule has 2 aliphatic heterocycles. The maximum Gasteiger partial charge on any atom is 0.328 e. The van der Waals surface area contributed by atoms with Gasteiger partial charge in [0.05, 0.1) is 5.92 Å². The molecule has 0 aliphatic carbocycles. The summed E-state index contributed by atoms with van der Waals surface area (Å²) in [6.45, 7) is 2.67. The Morgan fingerprint density at radius 1 is 1.15 bits per heavy atom. The number of hydrogen-bond acceptors (Lipinski definition) is 6. The Balaban J connectivity index is 1.46. The monoisotopic (exact) mass is 474 g/mol. The summed E-state index contributed by atoms with van der Waals surface area (Å²) in [5.41, 5.74) is 0.114. The van der Waals surface area contributed by atoms with E-state index in [9.17, 15) is 29.4 Å². The van der Waals surface area contributed by atoms with Crippen molar-refractivity contribution in [1.29, 1.82) is 0 Å². The van der Waals surface area contributed by atoms with E-state index in [0.29, 0.717) is 38.3 Å². The van der Waals surface area contributed by atoms with Crippen molar-refractivity contribution in [1.82, 2.24) is 20.9 Å². The zero-order valence-electron chi connectivity index (χ0n) is 19.3. The summed E-state index contributed by atoms with van der Waals surface area (Å²) in [5.74, 6) is -2.16. The Kier molecular flexibility index (Phi) is 9.26. The molecular weight excluding hydrogens is 440 g/mol. The van der Waals surface area contributed by atoms with Gasteiger partial charge in [-0.15, -0.1) is 0 Å². The number of amides is 3. The number of likely N-dealkylation sites (tertiary alicyclic amines) is 1. The molecule has 3 rings (SSSR count). The first-order valence-corrected chi connectivity index (χ1v) is 11.9. The summed E-state index contributed by atoms with van der Waals surface area (Å²) in [6, 6.07) is 4.23. The number of phenolic OH excluding ortho intramolecular Hbond substituents is 1. The summed E-state index contributed by atoms with van der Waals surface area (Å²) in [4.78, 5) is 51.0. The van der Waals surface area contributed by atoms with Crippen LogP contribution < -0.4 is 16.0 Å². The van der Waals surface area contributed by atoms with Gasteiger partial charge in [0, 0.05) is 31.6 Å².